The maximum Gasteiger partial charge on any atom is 0.416 e. The molecule has 2 aliphatic rings. The quantitative estimate of drug-likeness (QED) is 0.386. The minimum Gasteiger partial charge on any atom is -0.460 e. The van der Waals surface area contributed by atoms with Gasteiger partial charge in [-0.3, -0.25) is 4.79 Å². The molecule has 1 aliphatic heterocycles. The van der Waals surface area contributed by atoms with Gasteiger partial charge in [-0.15, -0.1) is 11.3 Å². The van der Waals surface area contributed by atoms with Crippen molar-refractivity contribution < 1.29 is 32.2 Å². The number of carbonyl (C=O) groups excluding carboxylic acids is 2. The van der Waals surface area contributed by atoms with Crippen LogP contribution in [0.25, 0.3) is 0 Å². The molecule has 0 radical (unpaired) electrons. The number of carbonyl (C=O) groups is 2. The first-order valence-corrected chi connectivity index (χ1v) is 12.3. The van der Waals surface area contributed by atoms with Crippen LogP contribution in [0.1, 0.15) is 54.5 Å². The fourth-order valence-electron chi connectivity index (χ4n) is 4.65. The Labute approximate surface area is 205 Å². The molecule has 1 aliphatic carbocycles. The van der Waals surface area contributed by atoms with E-state index in [2.05, 4.69) is 5.32 Å². The highest BCUT2D eigenvalue weighted by Gasteiger charge is 2.42. The SMILES string of the molecule is CCOCCOC(=O)C1=C(C)NC2=C(C(=O)C[C@@H](c3cccs3)C2)[C@H]1c1ccc(C(F)(F)F)cc1. The molecule has 5 nitrogen and oxygen atoms in total. The second-order valence-corrected chi connectivity index (χ2v) is 9.46. The maximum atomic E-state index is 13.5. The van der Waals surface area contributed by atoms with Gasteiger partial charge >= 0.3 is 12.1 Å². The van der Waals surface area contributed by atoms with Crippen molar-refractivity contribution in [1.29, 1.82) is 0 Å². The van der Waals surface area contributed by atoms with E-state index in [9.17, 15) is 22.8 Å². The number of allylic oxidation sites excluding steroid dienone is 3. The van der Waals surface area contributed by atoms with Gasteiger partial charge in [0.15, 0.2) is 5.78 Å². The van der Waals surface area contributed by atoms with Gasteiger partial charge in [0.2, 0.25) is 0 Å². The Balaban J connectivity index is 1.73. The summed E-state index contributed by atoms with van der Waals surface area (Å²) in [5, 5.41) is 5.20. The molecule has 1 aromatic carbocycles. The van der Waals surface area contributed by atoms with Crippen molar-refractivity contribution in [2.45, 2.75) is 44.7 Å². The standard InChI is InChI=1S/C26H26F3NO4S/c1-3-33-10-11-34-25(32)22-15(2)30-19-13-17(21-5-4-12-35-21)14-20(31)24(19)23(22)16-6-8-18(9-7-16)26(27,28)29/h4-9,12,17,23,30H,3,10-11,13-14H2,1-2H3/t17-,23-/m0/s1. The predicted molar refractivity (Wildman–Crippen MR) is 126 cm³/mol. The van der Waals surface area contributed by atoms with Crippen LogP contribution in [-0.2, 0) is 25.2 Å². The Morgan fingerprint density at radius 2 is 1.89 bits per heavy atom. The zero-order chi connectivity index (χ0) is 25.2. The van der Waals surface area contributed by atoms with Crippen molar-refractivity contribution in [3.05, 3.63) is 80.3 Å². The van der Waals surface area contributed by atoms with Crippen molar-refractivity contribution in [2.75, 3.05) is 19.8 Å². The average molecular weight is 506 g/mol. The number of alkyl halides is 3. The Bertz CT molecular complexity index is 1150. The molecule has 2 heterocycles. The molecule has 0 saturated carbocycles. The zero-order valence-corrected chi connectivity index (χ0v) is 20.2. The highest BCUT2D eigenvalue weighted by Crippen LogP contribution is 2.46. The molecule has 0 saturated heterocycles. The molecule has 9 heteroatoms. The highest BCUT2D eigenvalue weighted by molar-refractivity contribution is 7.10. The van der Waals surface area contributed by atoms with Gasteiger partial charge in [-0.05, 0) is 49.4 Å². The number of ether oxygens (including phenoxy) is 2. The summed E-state index contributed by atoms with van der Waals surface area (Å²) < 4.78 is 50.1. The summed E-state index contributed by atoms with van der Waals surface area (Å²) in [5.74, 6) is -1.56. The van der Waals surface area contributed by atoms with Crippen LogP contribution >= 0.6 is 11.3 Å². The zero-order valence-electron chi connectivity index (χ0n) is 19.4. The van der Waals surface area contributed by atoms with Crippen molar-refractivity contribution in [3.8, 4) is 0 Å². The van der Waals surface area contributed by atoms with E-state index in [1.54, 1.807) is 18.3 Å². The maximum absolute atomic E-state index is 13.5. The van der Waals surface area contributed by atoms with Crippen LogP contribution in [-0.4, -0.2) is 31.6 Å². The van der Waals surface area contributed by atoms with Gasteiger partial charge in [-0.1, -0.05) is 18.2 Å². The predicted octanol–water partition coefficient (Wildman–Crippen LogP) is 5.71. The van der Waals surface area contributed by atoms with E-state index in [1.165, 1.54) is 12.1 Å². The molecule has 4 rings (SSSR count). The van der Waals surface area contributed by atoms with E-state index in [0.717, 1.165) is 17.0 Å². The van der Waals surface area contributed by atoms with Crippen LogP contribution < -0.4 is 5.32 Å². The lowest BCUT2D eigenvalue weighted by atomic mass is 9.72. The molecule has 1 aromatic heterocycles. The average Bonchev–Trinajstić information content (AvgIpc) is 3.35. The fourth-order valence-corrected chi connectivity index (χ4v) is 5.48. The second kappa shape index (κ2) is 10.4. The number of hydrogen-bond acceptors (Lipinski definition) is 6. The van der Waals surface area contributed by atoms with Crippen LogP contribution in [0.15, 0.2) is 64.3 Å². The Morgan fingerprint density at radius 1 is 1.14 bits per heavy atom. The third kappa shape index (κ3) is 5.36. The van der Waals surface area contributed by atoms with Crippen molar-refractivity contribution in [3.63, 3.8) is 0 Å². The molecule has 0 fully saturated rings. The van der Waals surface area contributed by atoms with E-state index in [4.69, 9.17) is 9.47 Å². The monoisotopic (exact) mass is 505 g/mol. The van der Waals surface area contributed by atoms with E-state index >= 15 is 0 Å². The lowest BCUT2D eigenvalue weighted by molar-refractivity contribution is -0.141. The molecule has 35 heavy (non-hydrogen) atoms. The first-order chi connectivity index (χ1) is 16.7. The number of thiophene rings is 1. The summed E-state index contributed by atoms with van der Waals surface area (Å²) in [5.41, 5.74) is 1.51. The Kier molecular flexibility index (Phi) is 7.47. The lowest BCUT2D eigenvalue weighted by Crippen LogP contribution is -2.36. The minimum absolute atomic E-state index is 0.00880. The molecule has 0 amide bonds. The molecular weight excluding hydrogens is 479 g/mol. The summed E-state index contributed by atoms with van der Waals surface area (Å²) in [7, 11) is 0. The molecule has 0 spiro atoms. The first kappa shape index (κ1) is 25.2. The van der Waals surface area contributed by atoms with Crippen LogP contribution in [0.5, 0.6) is 0 Å². The van der Waals surface area contributed by atoms with E-state index in [0.29, 0.717) is 35.6 Å². The van der Waals surface area contributed by atoms with E-state index < -0.39 is 23.6 Å². The van der Waals surface area contributed by atoms with Crippen molar-refractivity contribution in [2.24, 2.45) is 0 Å². The van der Waals surface area contributed by atoms with Crippen molar-refractivity contribution in [1.82, 2.24) is 5.32 Å². The summed E-state index contributed by atoms with van der Waals surface area (Å²) in [6, 6.07) is 8.56. The molecule has 186 valence electrons. The van der Waals surface area contributed by atoms with Gasteiger partial charge in [-0.2, -0.15) is 13.2 Å². The van der Waals surface area contributed by atoms with Gasteiger partial charge in [0.05, 0.1) is 17.7 Å². The number of dihydropyridines is 1. The van der Waals surface area contributed by atoms with Crippen molar-refractivity contribution >= 4 is 23.1 Å². The van der Waals surface area contributed by atoms with Crippen LogP contribution in [0.2, 0.25) is 0 Å². The van der Waals surface area contributed by atoms with Crippen LogP contribution in [0.4, 0.5) is 13.2 Å². The minimum atomic E-state index is -4.49. The molecular formula is C26H26F3NO4S. The van der Waals surface area contributed by atoms with Gasteiger partial charge in [0.1, 0.15) is 6.61 Å². The number of rotatable bonds is 7. The molecule has 1 N–H and O–H groups in total. The summed E-state index contributed by atoms with van der Waals surface area (Å²) >= 11 is 1.58. The molecule has 0 unspecified atom stereocenters. The number of esters is 1. The second-order valence-electron chi connectivity index (χ2n) is 8.49. The van der Waals surface area contributed by atoms with Gasteiger partial charge < -0.3 is 14.8 Å². The summed E-state index contributed by atoms with van der Waals surface area (Å²) in [6.07, 6.45) is -3.65. The van der Waals surface area contributed by atoms with E-state index in [1.807, 2.05) is 24.4 Å². The van der Waals surface area contributed by atoms with Gasteiger partial charge in [0.25, 0.3) is 0 Å². The van der Waals surface area contributed by atoms with E-state index in [-0.39, 0.29) is 36.9 Å². The third-order valence-electron chi connectivity index (χ3n) is 6.23. The molecule has 2 aromatic rings. The highest BCUT2D eigenvalue weighted by atomic mass is 32.1. The number of halogens is 3. The Morgan fingerprint density at radius 3 is 2.51 bits per heavy atom. The van der Waals surface area contributed by atoms with Gasteiger partial charge in [0, 0.05) is 46.7 Å². The number of benzene rings is 1. The molecule has 0 bridgehead atoms. The number of Topliss-reactive ketones (excluding diaryl/α,β-unsaturated/α-hetero) is 1. The summed E-state index contributed by atoms with van der Waals surface area (Å²) in [4.78, 5) is 27.7. The first-order valence-electron chi connectivity index (χ1n) is 11.4. The summed E-state index contributed by atoms with van der Waals surface area (Å²) in [6.45, 7) is 4.28. The Hall–Kier alpha value is -2.91. The third-order valence-corrected chi connectivity index (χ3v) is 7.26. The number of hydrogen-bond donors (Lipinski definition) is 1. The number of ketones is 1. The van der Waals surface area contributed by atoms with Gasteiger partial charge in [-0.25, -0.2) is 4.79 Å². The smallest absolute Gasteiger partial charge is 0.416 e. The normalized spacial score (nSPS) is 20.5. The fraction of sp³-hybridized carbons (Fsp3) is 0.385. The lowest BCUT2D eigenvalue weighted by Gasteiger charge is -2.36. The molecule has 2 atom stereocenters. The van der Waals surface area contributed by atoms with Crippen LogP contribution in [0.3, 0.4) is 0 Å². The topological polar surface area (TPSA) is 64.6 Å². The number of nitrogens with one attached hydrogen (secondary N) is 1. The van der Waals surface area contributed by atoms with Crippen LogP contribution in [0, 0.1) is 0 Å². The largest absolute Gasteiger partial charge is 0.460 e.